The van der Waals surface area contributed by atoms with Gasteiger partial charge in [0.05, 0.1) is 118 Å². The molecule has 0 aliphatic carbocycles. The summed E-state index contributed by atoms with van der Waals surface area (Å²) < 4.78 is 63.0. The van der Waals surface area contributed by atoms with E-state index in [2.05, 4.69) is 60.7 Å². The molecule has 2 unspecified atom stereocenters. The summed E-state index contributed by atoms with van der Waals surface area (Å²) in [7, 11) is 0. The molecule has 0 aliphatic heterocycles. The summed E-state index contributed by atoms with van der Waals surface area (Å²) in [5, 5.41) is 32.0. The monoisotopic (exact) mass is 998 g/mol. The number of ether oxygens (including phenoxy) is 12. The first-order valence-corrected chi connectivity index (χ1v) is 18.6. The maximum absolute atomic E-state index is 10.8. The van der Waals surface area contributed by atoms with Crippen molar-refractivity contribution in [2.45, 2.75) is 98.6 Å². The van der Waals surface area contributed by atoms with E-state index >= 15 is 0 Å². The highest BCUT2D eigenvalue weighted by molar-refractivity contribution is 5.89. The Morgan fingerprint density at radius 2 is 0.794 bits per heavy atom. The molecular weight excluding hydrogens is 891 g/mol. The van der Waals surface area contributed by atoms with Crippen LogP contribution in [-0.4, -0.2) is 167 Å². The average Bonchev–Trinajstić information content (AvgIpc) is 3.24. The van der Waals surface area contributed by atoms with Crippen molar-refractivity contribution in [1.82, 2.24) is 26.6 Å². The maximum Gasteiger partial charge on any atom is 0.245 e. The molecular formula is C47H107N5O16. The topological polar surface area (TPSA) is 246 Å². The standard InChI is InChI=1S/C21H41N3O9.C9H13NO4.C8H17NO3.9CH4/c1-4-25-15-22-18-30-9-7-28-13-21(33-12-11-32-20-24-17-27-6-3)14-29-8-10-31-19-23-16-26-5-2;1-3-6(11)5-7(12)9(14)10-8(13)4-2;1-3-10-5-6-12-8-9-7-11-4-2;;;;;;;;;/h4-6,21-24H,1-3,7-20H2;3-4,7,9,12,14H,1-2,5H2,(H,10,13);4,9H,2-3,5-8H2,1H3;9*1H4. The van der Waals surface area contributed by atoms with E-state index in [0.717, 1.165) is 18.8 Å². The van der Waals surface area contributed by atoms with Crippen LogP contribution in [-0.2, 0) is 66.4 Å². The highest BCUT2D eigenvalue weighted by Crippen LogP contribution is 1.99. The van der Waals surface area contributed by atoms with Crippen LogP contribution in [0.5, 0.6) is 0 Å². The molecule has 0 aromatic carbocycles. The van der Waals surface area contributed by atoms with Crippen molar-refractivity contribution in [3.05, 3.63) is 76.7 Å². The Kier molecular flexibility index (Phi) is 115. The van der Waals surface area contributed by atoms with Gasteiger partial charge in [0.15, 0.2) is 12.0 Å². The third kappa shape index (κ3) is 82.3. The minimum atomic E-state index is -1.48. The summed E-state index contributed by atoms with van der Waals surface area (Å²) in [4.78, 5) is 21.4. The Balaban J connectivity index is -0.0000000757. The second-order valence-corrected chi connectivity index (χ2v) is 10.6. The van der Waals surface area contributed by atoms with Gasteiger partial charge in [0.1, 0.15) is 39.1 Å². The lowest BCUT2D eigenvalue weighted by atomic mass is 10.1. The third-order valence-electron chi connectivity index (χ3n) is 6.02. The van der Waals surface area contributed by atoms with Crippen molar-refractivity contribution in [2.24, 2.45) is 0 Å². The molecule has 2 atom stereocenters. The lowest BCUT2D eigenvalue weighted by molar-refractivity contribution is -0.125. The van der Waals surface area contributed by atoms with Crippen LogP contribution in [0.25, 0.3) is 0 Å². The number of amides is 1. The van der Waals surface area contributed by atoms with Gasteiger partial charge in [-0.25, -0.2) is 0 Å². The van der Waals surface area contributed by atoms with Gasteiger partial charge in [-0.3, -0.25) is 30.9 Å². The molecule has 0 aromatic heterocycles. The Labute approximate surface area is 415 Å². The van der Waals surface area contributed by atoms with E-state index in [9.17, 15) is 14.7 Å². The molecule has 0 radical (unpaired) electrons. The normalized spacial score (nSPS) is 9.82. The zero-order valence-electron chi connectivity index (χ0n) is 34.7. The van der Waals surface area contributed by atoms with Gasteiger partial charge in [0.2, 0.25) is 5.91 Å². The molecule has 68 heavy (non-hydrogen) atoms. The lowest BCUT2D eigenvalue weighted by Gasteiger charge is -2.18. The molecule has 0 aliphatic rings. The minimum Gasteiger partial charge on any atom is -0.487 e. The van der Waals surface area contributed by atoms with Gasteiger partial charge in [-0.2, -0.15) is 0 Å². The summed E-state index contributed by atoms with van der Waals surface area (Å²) >= 11 is 0. The van der Waals surface area contributed by atoms with E-state index in [-0.39, 0.29) is 79.4 Å². The van der Waals surface area contributed by atoms with Gasteiger partial charge in [-0.05, 0) is 19.1 Å². The summed E-state index contributed by atoms with van der Waals surface area (Å²) in [5.41, 5.74) is 0. The fourth-order valence-corrected chi connectivity index (χ4v) is 3.26. The van der Waals surface area contributed by atoms with Gasteiger partial charge in [-0.1, -0.05) is 106 Å². The summed E-state index contributed by atoms with van der Waals surface area (Å²) in [6.45, 7) is 30.3. The number of ketones is 1. The molecule has 0 aromatic rings. The van der Waals surface area contributed by atoms with Gasteiger partial charge in [-0.15, -0.1) is 0 Å². The van der Waals surface area contributed by atoms with E-state index in [0.29, 0.717) is 120 Å². The fraction of sp³-hybridized carbons (Fsp3) is 0.702. The van der Waals surface area contributed by atoms with Gasteiger partial charge in [0, 0.05) is 13.0 Å². The Hall–Kier alpha value is -3.78. The second-order valence-electron chi connectivity index (χ2n) is 10.6. The van der Waals surface area contributed by atoms with Crippen molar-refractivity contribution in [2.75, 3.05) is 127 Å². The largest absolute Gasteiger partial charge is 0.487 e. The van der Waals surface area contributed by atoms with Gasteiger partial charge in [0.25, 0.3) is 0 Å². The number of hydrogen-bond acceptors (Lipinski definition) is 20. The lowest BCUT2D eigenvalue weighted by Crippen LogP contribution is -2.43. The number of carbonyl (C=O) groups is 2. The minimum absolute atomic E-state index is 0. The first kappa shape index (κ1) is 94.1. The van der Waals surface area contributed by atoms with Crippen molar-refractivity contribution >= 4 is 11.7 Å². The molecule has 416 valence electrons. The smallest absolute Gasteiger partial charge is 0.245 e. The van der Waals surface area contributed by atoms with E-state index in [4.69, 9.17) is 61.9 Å². The molecule has 0 saturated carbocycles. The van der Waals surface area contributed by atoms with E-state index < -0.39 is 24.0 Å². The molecule has 21 heteroatoms. The van der Waals surface area contributed by atoms with Crippen molar-refractivity contribution in [1.29, 1.82) is 0 Å². The zero-order chi connectivity index (χ0) is 44.3. The number of hydrogen-bond donors (Lipinski definition) is 7. The van der Waals surface area contributed by atoms with Crippen LogP contribution in [0, 0.1) is 0 Å². The number of aliphatic hydroxyl groups is 2. The van der Waals surface area contributed by atoms with Crippen LogP contribution in [0.2, 0.25) is 0 Å². The van der Waals surface area contributed by atoms with Crippen molar-refractivity contribution < 1.29 is 76.6 Å². The summed E-state index contributed by atoms with van der Waals surface area (Å²) in [6, 6.07) is 0. The number of aliphatic hydroxyl groups excluding tert-OH is 2. The predicted octanol–water partition coefficient (Wildman–Crippen LogP) is 5.99. The van der Waals surface area contributed by atoms with Crippen LogP contribution in [0.3, 0.4) is 0 Å². The number of rotatable bonds is 44. The van der Waals surface area contributed by atoms with Crippen LogP contribution in [0.15, 0.2) is 76.7 Å². The summed E-state index contributed by atoms with van der Waals surface area (Å²) in [6.07, 6.45) is 4.08. The average molecular weight is 998 g/mol. The Morgan fingerprint density at radius 1 is 0.471 bits per heavy atom. The molecule has 0 saturated heterocycles. The van der Waals surface area contributed by atoms with Crippen LogP contribution in [0.1, 0.15) is 80.2 Å². The number of nitrogens with one attached hydrogen (secondary N) is 5. The fourth-order valence-electron chi connectivity index (χ4n) is 3.26. The number of carbonyl (C=O) groups excluding carboxylic acids is 2. The third-order valence-corrected chi connectivity index (χ3v) is 6.02. The highest BCUT2D eigenvalue weighted by Gasteiger charge is 2.19. The van der Waals surface area contributed by atoms with E-state index in [1.165, 1.54) is 25.0 Å². The molecule has 0 heterocycles. The molecule has 21 nitrogen and oxygen atoms in total. The number of allylic oxidation sites excluding steroid dienone is 1. The van der Waals surface area contributed by atoms with Crippen molar-refractivity contribution in [3.8, 4) is 0 Å². The Bertz CT molecular complexity index is 955. The van der Waals surface area contributed by atoms with E-state index in [1.807, 2.05) is 12.2 Å². The van der Waals surface area contributed by atoms with Crippen LogP contribution < -0.4 is 26.6 Å². The molecule has 0 spiro atoms. The van der Waals surface area contributed by atoms with Crippen LogP contribution in [0.4, 0.5) is 0 Å². The first-order valence-electron chi connectivity index (χ1n) is 18.6. The molecule has 0 fully saturated rings. The van der Waals surface area contributed by atoms with Crippen molar-refractivity contribution in [3.63, 3.8) is 0 Å². The van der Waals surface area contributed by atoms with E-state index in [1.54, 1.807) is 0 Å². The highest BCUT2D eigenvalue weighted by atomic mass is 16.6. The molecule has 1 amide bonds. The Morgan fingerprint density at radius 3 is 1.10 bits per heavy atom. The van der Waals surface area contributed by atoms with Crippen LogP contribution >= 0.6 is 0 Å². The zero-order valence-corrected chi connectivity index (χ0v) is 34.7. The molecule has 0 bridgehead atoms. The second kappa shape index (κ2) is 83.3. The van der Waals surface area contributed by atoms with Gasteiger partial charge < -0.3 is 72.4 Å². The SMILES string of the molecule is C.C.C.C.C.C.C.C.C.C=CC(=O)CC(O)C(O)NC(=O)C=C.C=COCNCOCCOCC.C=COCNCOCCOCC(COCCOCNCOC=C)OCCOCNCOC=C. The maximum atomic E-state index is 10.8. The predicted molar refractivity (Wildman–Crippen MR) is 279 cm³/mol. The first-order chi connectivity index (χ1) is 28.8. The molecule has 7 N–H and O–H groups in total. The van der Waals surface area contributed by atoms with Gasteiger partial charge >= 0.3 is 0 Å². The summed E-state index contributed by atoms with van der Waals surface area (Å²) in [5.74, 6) is -1.04. The quantitative estimate of drug-likeness (QED) is 0.0160. The molecule has 0 rings (SSSR count).